The van der Waals surface area contributed by atoms with Gasteiger partial charge in [0.1, 0.15) is 5.15 Å². The third-order valence-corrected chi connectivity index (χ3v) is 2.34. The first-order valence-corrected chi connectivity index (χ1v) is 4.82. The van der Waals surface area contributed by atoms with Gasteiger partial charge >= 0.3 is 0 Å². The summed E-state index contributed by atoms with van der Waals surface area (Å²) in [6.07, 6.45) is 1.78. The molecule has 0 fully saturated rings. The van der Waals surface area contributed by atoms with Crippen LogP contribution in [-0.4, -0.2) is 4.98 Å². The number of nitrogens with zero attached hydrogens (tertiary/aromatic N) is 1. The van der Waals surface area contributed by atoms with Crippen molar-refractivity contribution in [3.8, 4) is 11.1 Å². The number of aromatic nitrogens is 1. The van der Waals surface area contributed by atoms with Gasteiger partial charge in [0.2, 0.25) is 0 Å². The van der Waals surface area contributed by atoms with Crippen LogP contribution in [0.3, 0.4) is 0 Å². The summed E-state index contributed by atoms with van der Waals surface area (Å²) in [6.45, 7) is 2.07. The summed E-state index contributed by atoms with van der Waals surface area (Å²) in [4.78, 5) is 4.04. The Kier molecular flexibility index (Phi) is 2.51. The highest BCUT2D eigenvalue weighted by Crippen LogP contribution is 2.19. The Labute approximate surface area is 88.4 Å². The fourth-order valence-corrected chi connectivity index (χ4v) is 1.40. The van der Waals surface area contributed by atoms with E-state index in [1.807, 2.05) is 6.07 Å². The topological polar surface area (TPSA) is 12.9 Å². The zero-order valence-electron chi connectivity index (χ0n) is 7.87. The van der Waals surface area contributed by atoms with Gasteiger partial charge in [0.15, 0.2) is 0 Å². The number of halogens is 1. The maximum atomic E-state index is 5.71. The number of hydrogen-bond donors (Lipinski definition) is 0. The van der Waals surface area contributed by atoms with Crippen molar-refractivity contribution in [1.82, 2.24) is 4.98 Å². The molecule has 0 aliphatic heterocycles. The molecule has 0 aliphatic carbocycles. The van der Waals surface area contributed by atoms with Gasteiger partial charge in [-0.15, -0.1) is 0 Å². The minimum atomic E-state index is 0.529. The number of pyridine rings is 1. The average molecular weight is 204 g/mol. The van der Waals surface area contributed by atoms with Crippen molar-refractivity contribution in [3.63, 3.8) is 0 Å². The third kappa shape index (κ3) is 1.94. The van der Waals surface area contributed by atoms with Crippen LogP contribution in [0.25, 0.3) is 11.1 Å². The highest BCUT2D eigenvalue weighted by molar-refractivity contribution is 6.29. The molecule has 0 spiro atoms. The molecule has 2 rings (SSSR count). The fraction of sp³-hybridized carbons (Fsp3) is 0.0833. The standard InChI is InChI=1S/C12H10ClN/c1-9-2-4-10(5-3-9)11-6-7-12(13)14-8-11/h2-8H,1H3. The summed E-state index contributed by atoms with van der Waals surface area (Å²) in [5.41, 5.74) is 3.52. The van der Waals surface area contributed by atoms with Crippen LogP contribution in [0.15, 0.2) is 42.6 Å². The largest absolute Gasteiger partial charge is 0.244 e. The molecule has 1 aromatic carbocycles. The van der Waals surface area contributed by atoms with Gasteiger partial charge in [-0.05, 0) is 24.6 Å². The monoisotopic (exact) mass is 203 g/mol. The van der Waals surface area contributed by atoms with Gasteiger partial charge in [-0.1, -0.05) is 41.4 Å². The normalized spacial score (nSPS) is 10.1. The van der Waals surface area contributed by atoms with Gasteiger partial charge in [0.25, 0.3) is 0 Å². The van der Waals surface area contributed by atoms with Crippen LogP contribution in [0.1, 0.15) is 5.56 Å². The molecular formula is C12H10ClN. The molecule has 14 heavy (non-hydrogen) atoms. The molecule has 1 heterocycles. The van der Waals surface area contributed by atoms with E-state index < -0.39 is 0 Å². The molecule has 1 nitrogen and oxygen atoms in total. The number of hydrogen-bond acceptors (Lipinski definition) is 1. The van der Waals surface area contributed by atoms with Crippen LogP contribution in [0.4, 0.5) is 0 Å². The van der Waals surface area contributed by atoms with E-state index in [2.05, 4.69) is 36.2 Å². The van der Waals surface area contributed by atoms with Crippen LogP contribution in [0.2, 0.25) is 5.15 Å². The van der Waals surface area contributed by atoms with Crippen molar-refractivity contribution < 1.29 is 0 Å². The van der Waals surface area contributed by atoms with Crippen molar-refractivity contribution in [2.75, 3.05) is 0 Å². The van der Waals surface area contributed by atoms with E-state index >= 15 is 0 Å². The van der Waals surface area contributed by atoms with Gasteiger partial charge in [-0.2, -0.15) is 0 Å². The lowest BCUT2D eigenvalue weighted by molar-refractivity contribution is 1.33. The summed E-state index contributed by atoms with van der Waals surface area (Å²) < 4.78 is 0. The molecule has 0 unspecified atom stereocenters. The van der Waals surface area contributed by atoms with Crippen LogP contribution in [-0.2, 0) is 0 Å². The Bertz CT molecular complexity index is 374. The fourth-order valence-electron chi connectivity index (χ4n) is 1.29. The van der Waals surface area contributed by atoms with Crippen molar-refractivity contribution in [2.24, 2.45) is 0 Å². The molecule has 0 saturated carbocycles. The van der Waals surface area contributed by atoms with Gasteiger partial charge < -0.3 is 0 Å². The molecular weight excluding hydrogens is 194 g/mol. The van der Waals surface area contributed by atoms with Crippen LogP contribution >= 0.6 is 11.6 Å². The lowest BCUT2D eigenvalue weighted by Gasteiger charge is -2.01. The summed E-state index contributed by atoms with van der Waals surface area (Å²) in [5, 5.41) is 0.529. The maximum absolute atomic E-state index is 5.71. The zero-order valence-corrected chi connectivity index (χ0v) is 8.62. The van der Waals surface area contributed by atoms with Crippen LogP contribution < -0.4 is 0 Å². The summed E-state index contributed by atoms with van der Waals surface area (Å²) >= 11 is 5.71. The Morgan fingerprint density at radius 2 is 1.57 bits per heavy atom. The third-order valence-electron chi connectivity index (χ3n) is 2.11. The minimum Gasteiger partial charge on any atom is -0.244 e. The highest BCUT2D eigenvalue weighted by Gasteiger charge is 1.97. The minimum absolute atomic E-state index is 0.529. The smallest absolute Gasteiger partial charge is 0.129 e. The number of rotatable bonds is 1. The molecule has 0 amide bonds. The molecule has 0 radical (unpaired) electrons. The second kappa shape index (κ2) is 3.81. The van der Waals surface area contributed by atoms with Crippen LogP contribution in [0.5, 0.6) is 0 Å². The second-order valence-corrected chi connectivity index (χ2v) is 3.62. The Morgan fingerprint density at radius 3 is 2.14 bits per heavy atom. The molecule has 1 aromatic heterocycles. The zero-order chi connectivity index (χ0) is 9.97. The summed E-state index contributed by atoms with van der Waals surface area (Å²) in [5.74, 6) is 0. The molecule has 0 N–H and O–H groups in total. The first kappa shape index (κ1) is 9.22. The highest BCUT2D eigenvalue weighted by atomic mass is 35.5. The lowest BCUT2D eigenvalue weighted by Crippen LogP contribution is -1.80. The van der Waals surface area contributed by atoms with Crippen molar-refractivity contribution in [1.29, 1.82) is 0 Å². The van der Waals surface area contributed by atoms with E-state index in [9.17, 15) is 0 Å². The molecule has 0 atom stereocenters. The Hall–Kier alpha value is -1.34. The number of benzene rings is 1. The first-order chi connectivity index (χ1) is 6.75. The van der Waals surface area contributed by atoms with Gasteiger partial charge in [-0.3, -0.25) is 0 Å². The maximum Gasteiger partial charge on any atom is 0.129 e. The average Bonchev–Trinajstić information content (AvgIpc) is 2.21. The lowest BCUT2D eigenvalue weighted by atomic mass is 10.1. The van der Waals surface area contributed by atoms with Crippen molar-refractivity contribution in [3.05, 3.63) is 53.3 Å². The summed E-state index contributed by atoms with van der Waals surface area (Å²) in [7, 11) is 0. The van der Waals surface area contributed by atoms with Gasteiger partial charge in [0.05, 0.1) is 0 Å². The predicted molar refractivity (Wildman–Crippen MR) is 59.4 cm³/mol. The molecule has 0 aliphatic rings. The molecule has 0 bridgehead atoms. The van der Waals surface area contributed by atoms with Crippen molar-refractivity contribution in [2.45, 2.75) is 6.92 Å². The van der Waals surface area contributed by atoms with Gasteiger partial charge in [0, 0.05) is 11.8 Å². The van der Waals surface area contributed by atoms with E-state index in [1.165, 1.54) is 11.1 Å². The van der Waals surface area contributed by atoms with E-state index in [-0.39, 0.29) is 0 Å². The van der Waals surface area contributed by atoms with Crippen molar-refractivity contribution >= 4 is 11.6 Å². The second-order valence-electron chi connectivity index (χ2n) is 3.24. The molecule has 0 saturated heterocycles. The van der Waals surface area contributed by atoms with E-state index in [0.717, 1.165) is 5.56 Å². The van der Waals surface area contributed by atoms with E-state index in [0.29, 0.717) is 5.15 Å². The first-order valence-electron chi connectivity index (χ1n) is 4.44. The van der Waals surface area contributed by atoms with Gasteiger partial charge in [-0.25, -0.2) is 4.98 Å². The quantitative estimate of drug-likeness (QED) is 0.644. The molecule has 2 aromatic rings. The predicted octanol–water partition coefficient (Wildman–Crippen LogP) is 3.71. The Balaban J connectivity index is 2.40. The van der Waals surface area contributed by atoms with E-state index in [1.54, 1.807) is 12.3 Å². The van der Waals surface area contributed by atoms with Crippen LogP contribution in [0, 0.1) is 6.92 Å². The Morgan fingerprint density at radius 1 is 0.929 bits per heavy atom. The summed E-state index contributed by atoms with van der Waals surface area (Å²) in [6, 6.07) is 12.1. The molecule has 70 valence electrons. The number of aryl methyl sites for hydroxylation is 1. The van der Waals surface area contributed by atoms with E-state index in [4.69, 9.17) is 11.6 Å². The molecule has 2 heteroatoms. The SMILES string of the molecule is Cc1ccc(-c2ccc(Cl)nc2)cc1.